The number of rotatable bonds is 1. The third-order valence-electron chi connectivity index (χ3n) is 5.06. The summed E-state index contributed by atoms with van der Waals surface area (Å²) in [5.74, 6) is 0.321. The summed E-state index contributed by atoms with van der Waals surface area (Å²) in [5.41, 5.74) is 1.05. The maximum Gasteiger partial charge on any atom is 0.347 e. The minimum atomic E-state index is -0.743. The van der Waals surface area contributed by atoms with Gasteiger partial charge in [0, 0.05) is 12.5 Å². The van der Waals surface area contributed by atoms with Crippen molar-refractivity contribution in [1.82, 2.24) is 0 Å². The second-order valence-corrected chi connectivity index (χ2v) is 6.27. The molecule has 3 aliphatic rings. The van der Waals surface area contributed by atoms with Crippen molar-refractivity contribution >= 4 is 16.8 Å². The maximum absolute atomic E-state index is 12.3. The Hall–Kier alpha value is -2.38. The molecule has 1 aromatic heterocycles. The first kappa shape index (κ1) is 14.0. The SMILES string of the molecule is COc1cc2c(c3oc(=O)c4c(c13)CCC4=O)[C@H]1[C@H](OC[C@@H]1O)O2. The first-order valence-corrected chi connectivity index (χ1v) is 7.80. The van der Waals surface area contributed by atoms with Crippen molar-refractivity contribution in [3.63, 3.8) is 0 Å². The minimum absolute atomic E-state index is 0.111. The van der Waals surface area contributed by atoms with E-state index in [9.17, 15) is 14.7 Å². The monoisotopic (exact) mass is 330 g/mol. The van der Waals surface area contributed by atoms with Crippen LogP contribution in [0.1, 0.15) is 33.8 Å². The van der Waals surface area contributed by atoms with Gasteiger partial charge in [-0.3, -0.25) is 4.79 Å². The molecule has 0 amide bonds. The molecule has 2 aliphatic heterocycles. The van der Waals surface area contributed by atoms with Gasteiger partial charge in [0.1, 0.15) is 22.6 Å². The molecule has 7 nitrogen and oxygen atoms in total. The molecule has 1 saturated heterocycles. The molecular formula is C17H14O7. The largest absolute Gasteiger partial charge is 0.496 e. The van der Waals surface area contributed by atoms with Crippen LogP contribution in [0.3, 0.4) is 0 Å². The van der Waals surface area contributed by atoms with Crippen LogP contribution in [0.4, 0.5) is 0 Å². The van der Waals surface area contributed by atoms with Gasteiger partial charge in [-0.15, -0.1) is 0 Å². The highest BCUT2D eigenvalue weighted by Gasteiger charge is 2.48. The Labute approximate surface area is 135 Å². The number of Topliss-reactive ketones (excluding diaryl/α,β-unsaturated/α-hetero) is 1. The van der Waals surface area contributed by atoms with Crippen molar-refractivity contribution in [2.45, 2.75) is 31.2 Å². The Balaban J connectivity index is 1.91. The Morgan fingerprint density at radius 3 is 2.92 bits per heavy atom. The molecule has 1 aliphatic carbocycles. The van der Waals surface area contributed by atoms with E-state index in [2.05, 4.69) is 0 Å². The molecule has 3 heterocycles. The van der Waals surface area contributed by atoms with Gasteiger partial charge in [0.05, 0.1) is 36.7 Å². The number of benzene rings is 1. The van der Waals surface area contributed by atoms with Crippen LogP contribution in [-0.2, 0) is 11.2 Å². The number of aliphatic hydroxyl groups excluding tert-OH is 1. The van der Waals surface area contributed by atoms with Crippen LogP contribution in [0.2, 0.25) is 0 Å². The molecular weight excluding hydrogens is 316 g/mol. The van der Waals surface area contributed by atoms with E-state index in [0.717, 1.165) is 0 Å². The van der Waals surface area contributed by atoms with Gasteiger partial charge in [-0.05, 0) is 12.0 Å². The molecule has 5 rings (SSSR count). The van der Waals surface area contributed by atoms with Crippen molar-refractivity contribution in [3.05, 3.63) is 33.2 Å². The standard InChI is InChI=1S/C17H14O7/c1-21-9-4-10-14(13-8(19)5-22-17(13)23-10)15-12(9)6-2-3-7(18)11(6)16(20)24-15/h4,8,13,17,19H,2-3,5H2,1H3/t8-,13-,17+/m0/s1. The van der Waals surface area contributed by atoms with E-state index >= 15 is 0 Å². The lowest BCUT2D eigenvalue weighted by molar-refractivity contribution is -0.0348. The van der Waals surface area contributed by atoms with E-state index in [1.807, 2.05) is 0 Å². The van der Waals surface area contributed by atoms with Gasteiger partial charge in [0.25, 0.3) is 0 Å². The molecule has 0 radical (unpaired) electrons. The quantitative estimate of drug-likeness (QED) is 0.783. The first-order valence-electron chi connectivity index (χ1n) is 7.80. The zero-order chi connectivity index (χ0) is 16.6. The Kier molecular flexibility index (Phi) is 2.67. The summed E-state index contributed by atoms with van der Waals surface area (Å²) in [4.78, 5) is 24.4. The number of carbonyl (C=O) groups excluding carboxylic acids is 1. The van der Waals surface area contributed by atoms with Crippen molar-refractivity contribution < 1.29 is 28.5 Å². The predicted octanol–water partition coefficient (Wildman–Crippen LogP) is 1.12. The fourth-order valence-electron chi connectivity index (χ4n) is 4.02. The lowest BCUT2D eigenvalue weighted by Gasteiger charge is -2.14. The average Bonchev–Trinajstić information content (AvgIpc) is 3.22. The van der Waals surface area contributed by atoms with Crippen LogP contribution in [-0.4, -0.2) is 37.0 Å². The van der Waals surface area contributed by atoms with Crippen LogP contribution in [0.15, 0.2) is 15.3 Å². The number of fused-ring (bicyclic) bond motifs is 7. The zero-order valence-corrected chi connectivity index (χ0v) is 12.8. The number of hydrogen-bond acceptors (Lipinski definition) is 7. The first-order chi connectivity index (χ1) is 11.6. The molecule has 0 bridgehead atoms. The third-order valence-corrected chi connectivity index (χ3v) is 5.06. The maximum atomic E-state index is 12.3. The highest BCUT2D eigenvalue weighted by molar-refractivity contribution is 6.06. The lowest BCUT2D eigenvalue weighted by Crippen LogP contribution is -2.20. The van der Waals surface area contributed by atoms with E-state index in [4.69, 9.17) is 18.6 Å². The predicted molar refractivity (Wildman–Crippen MR) is 80.8 cm³/mol. The van der Waals surface area contributed by atoms with Gasteiger partial charge < -0.3 is 23.7 Å². The fraction of sp³-hybridized carbons (Fsp3) is 0.412. The molecule has 7 heteroatoms. The highest BCUT2D eigenvalue weighted by Crippen LogP contribution is 2.51. The van der Waals surface area contributed by atoms with E-state index in [1.165, 1.54) is 7.11 Å². The molecule has 24 heavy (non-hydrogen) atoms. The zero-order valence-electron chi connectivity index (χ0n) is 12.8. The molecule has 2 aromatic rings. The normalized spacial score (nSPS) is 27.1. The van der Waals surface area contributed by atoms with Crippen molar-refractivity contribution in [3.8, 4) is 11.5 Å². The van der Waals surface area contributed by atoms with Crippen LogP contribution in [0, 0.1) is 0 Å². The number of ether oxygens (including phenoxy) is 3. The summed E-state index contributed by atoms with van der Waals surface area (Å²) in [6, 6.07) is 1.70. The van der Waals surface area contributed by atoms with E-state index in [1.54, 1.807) is 6.07 Å². The van der Waals surface area contributed by atoms with Crippen molar-refractivity contribution in [2.75, 3.05) is 13.7 Å². The summed E-state index contributed by atoms with van der Waals surface area (Å²) >= 11 is 0. The van der Waals surface area contributed by atoms with Crippen LogP contribution >= 0.6 is 0 Å². The highest BCUT2D eigenvalue weighted by atomic mass is 16.7. The van der Waals surface area contributed by atoms with Crippen molar-refractivity contribution in [1.29, 1.82) is 0 Å². The van der Waals surface area contributed by atoms with Gasteiger partial charge in [0.2, 0.25) is 6.29 Å². The number of aryl methyl sites for hydroxylation is 1. The molecule has 0 unspecified atom stereocenters. The number of ketones is 1. The van der Waals surface area contributed by atoms with Gasteiger partial charge in [-0.2, -0.15) is 0 Å². The topological polar surface area (TPSA) is 95.2 Å². The van der Waals surface area contributed by atoms with Crippen LogP contribution in [0.5, 0.6) is 11.5 Å². The summed E-state index contributed by atoms with van der Waals surface area (Å²) < 4.78 is 22.1. The Bertz CT molecular complexity index is 958. The second-order valence-electron chi connectivity index (χ2n) is 6.27. The molecule has 1 aromatic carbocycles. The van der Waals surface area contributed by atoms with E-state index in [0.29, 0.717) is 40.0 Å². The number of carbonyl (C=O) groups is 1. The van der Waals surface area contributed by atoms with Crippen LogP contribution in [0.25, 0.3) is 11.0 Å². The molecule has 0 spiro atoms. The summed E-state index contributed by atoms with van der Waals surface area (Å²) in [5, 5.41) is 10.8. The molecule has 124 valence electrons. The summed E-state index contributed by atoms with van der Waals surface area (Å²) in [6.45, 7) is 0.163. The van der Waals surface area contributed by atoms with Gasteiger partial charge >= 0.3 is 5.63 Å². The van der Waals surface area contributed by atoms with E-state index in [-0.39, 0.29) is 24.4 Å². The number of aliphatic hydroxyl groups is 1. The summed E-state index contributed by atoms with van der Waals surface area (Å²) in [7, 11) is 1.51. The number of hydrogen-bond donors (Lipinski definition) is 1. The van der Waals surface area contributed by atoms with Crippen molar-refractivity contribution in [2.24, 2.45) is 0 Å². The number of methoxy groups -OCH3 is 1. The molecule has 1 fully saturated rings. The van der Waals surface area contributed by atoms with E-state index < -0.39 is 23.9 Å². The average molecular weight is 330 g/mol. The van der Waals surface area contributed by atoms with Gasteiger partial charge in [0.15, 0.2) is 5.78 Å². The molecule has 1 N–H and O–H groups in total. The smallest absolute Gasteiger partial charge is 0.347 e. The molecule has 3 atom stereocenters. The Morgan fingerprint density at radius 2 is 2.12 bits per heavy atom. The third kappa shape index (κ3) is 1.58. The second kappa shape index (κ2) is 4.58. The van der Waals surface area contributed by atoms with Crippen LogP contribution < -0.4 is 15.1 Å². The summed E-state index contributed by atoms with van der Waals surface area (Å²) in [6.07, 6.45) is -0.591. The van der Waals surface area contributed by atoms with Gasteiger partial charge in [-0.25, -0.2) is 4.79 Å². The molecule has 0 saturated carbocycles. The lowest BCUT2D eigenvalue weighted by atomic mass is 9.92. The fourth-order valence-corrected chi connectivity index (χ4v) is 4.02. The minimum Gasteiger partial charge on any atom is -0.496 e. The van der Waals surface area contributed by atoms with Gasteiger partial charge in [-0.1, -0.05) is 0 Å². The Morgan fingerprint density at radius 1 is 1.29 bits per heavy atom.